The van der Waals surface area contributed by atoms with Gasteiger partial charge in [0.2, 0.25) is 0 Å². The number of hydrogen-bond donors (Lipinski definition) is 1. The summed E-state index contributed by atoms with van der Waals surface area (Å²) in [5.41, 5.74) is 5.40. The zero-order chi connectivity index (χ0) is 40.9. The molecule has 0 unspecified atom stereocenters. The van der Waals surface area contributed by atoms with Gasteiger partial charge in [0.1, 0.15) is 28.0 Å². The summed E-state index contributed by atoms with van der Waals surface area (Å²) in [6.45, 7) is 11.1. The van der Waals surface area contributed by atoms with Crippen LogP contribution in [0.25, 0.3) is 21.7 Å². The summed E-state index contributed by atoms with van der Waals surface area (Å²) in [4.78, 5) is 6.55. The molecule has 5 aromatic carbocycles. The molecule has 57 heavy (non-hydrogen) atoms. The SMILES string of the molecule is COc1ccc(CN(Cc2ccc(OC)cc2)c2cccc(S(=O)(=O)Nc3nc(-c4c(C)cccc4C)c(-c4cc(F)cc(OCCC(C)(C)C)c4)s3)c2F)cc1. The molecule has 0 atom stereocenters. The number of methoxy groups -OCH3 is 2. The van der Waals surface area contributed by atoms with E-state index in [2.05, 4.69) is 25.5 Å². The molecule has 0 saturated carbocycles. The van der Waals surface area contributed by atoms with Crippen LogP contribution >= 0.6 is 11.3 Å². The minimum Gasteiger partial charge on any atom is -0.497 e. The summed E-state index contributed by atoms with van der Waals surface area (Å²) in [5.74, 6) is 0.290. The van der Waals surface area contributed by atoms with Crippen LogP contribution < -0.4 is 23.8 Å². The van der Waals surface area contributed by atoms with Gasteiger partial charge in [0, 0.05) is 30.3 Å². The van der Waals surface area contributed by atoms with Crippen LogP contribution in [0.1, 0.15) is 49.4 Å². The molecular formula is C45H47F2N3O5S2. The Labute approximate surface area is 338 Å². The molecule has 0 bridgehead atoms. The Morgan fingerprint density at radius 2 is 1.35 bits per heavy atom. The highest BCUT2D eigenvalue weighted by Crippen LogP contribution is 2.43. The van der Waals surface area contributed by atoms with Crippen LogP contribution in [0.5, 0.6) is 17.2 Å². The lowest BCUT2D eigenvalue weighted by molar-refractivity contribution is 0.242. The molecule has 1 N–H and O–H groups in total. The lowest BCUT2D eigenvalue weighted by Gasteiger charge is -2.26. The summed E-state index contributed by atoms with van der Waals surface area (Å²) in [5, 5.41) is 0.000222. The third kappa shape index (κ3) is 10.1. The number of aromatic nitrogens is 1. The standard InChI is InChI=1S/C45H47F2N3O5S2/c1-29-10-8-11-30(2)40(29)42-43(33-24-34(46)26-37(25-33)55-23-22-45(3,4)5)56-44(48-42)49-57(51,52)39-13-9-12-38(41(39)47)50(27-31-14-18-35(53-6)19-15-31)28-32-16-20-36(54-7)21-17-32/h8-21,24-26H,22-23,27-28H2,1-7H3,(H,48,49). The highest BCUT2D eigenvalue weighted by Gasteiger charge is 2.27. The summed E-state index contributed by atoms with van der Waals surface area (Å²) in [7, 11) is -1.36. The molecule has 0 aliphatic carbocycles. The molecular weight excluding hydrogens is 765 g/mol. The third-order valence-corrected chi connectivity index (χ3v) is 12.0. The highest BCUT2D eigenvalue weighted by atomic mass is 32.2. The van der Waals surface area contributed by atoms with E-state index in [0.29, 0.717) is 40.0 Å². The van der Waals surface area contributed by atoms with Crippen LogP contribution in [0.4, 0.5) is 19.6 Å². The molecule has 0 amide bonds. The first-order chi connectivity index (χ1) is 27.1. The number of hydrogen-bond acceptors (Lipinski definition) is 8. The fourth-order valence-electron chi connectivity index (χ4n) is 6.42. The van der Waals surface area contributed by atoms with Crippen molar-refractivity contribution in [1.29, 1.82) is 0 Å². The van der Waals surface area contributed by atoms with Crippen molar-refractivity contribution in [3.05, 3.63) is 137 Å². The number of thiazole rings is 1. The van der Waals surface area contributed by atoms with Gasteiger partial charge in [-0.2, -0.15) is 0 Å². The van der Waals surface area contributed by atoms with Crippen molar-refractivity contribution in [1.82, 2.24) is 4.98 Å². The Kier molecular flexibility index (Phi) is 12.5. The molecule has 298 valence electrons. The van der Waals surface area contributed by atoms with Gasteiger partial charge in [-0.15, -0.1) is 0 Å². The lowest BCUT2D eigenvalue weighted by atomic mass is 9.93. The predicted octanol–water partition coefficient (Wildman–Crippen LogP) is 11.2. The van der Waals surface area contributed by atoms with E-state index in [1.54, 1.807) is 31.3 Å². The largest absolute Gasteiger partial charge is 0.497 e. The zero-order valence-corrected chi connectivity index (χ0v) is 34.8. The van der Waals surface area contributed by atoms with Gasteiger partial charge in [0.25, 0.3) is 10.0 Å². The van der Waals surface area contributed by atoms with E-state index in [-0.39, 0.29) is 29.3 Å². The summed E-state index contributed by atoms with van der Waals surface area (Å²) < 4.78 is 79.5. The molecule has 6 aromatic rings. The predicted molar refractivity (Wildman–Crippen MR) is 225 cm³/mol. The van der Waals surface area contributed by atoms with Crippen LogP contribution in [0.3, 0.4) is 0 Å². The second-order valence-electron chi connectivity index (χ2n) is 15.0. The van der Waals surface area contributed by atoms with E-state index in [4.69, 9.17) is 19.2 Å². The number of rotatable bonds is 15. The highest BCUT2D eigenvalue weighted by molar-refractivity contribution is 7.93. The maximum absolute atomic E-state index is 16.8. The second kappa shape index (κ2) is 17.4. The molecule has 8 nitrogen and oxygen atoms in total. The van der Waals surface area contributed by atoms with Gasteiger partial charge in [-0.25, -0.2) is 22.2 Å². The van der Waals surface area contributed by atoms with Crippen molar-refractivity contribution in [3.8, 4) is 38.9 Å². The van der Waals surface area contributed by atoms with E-state index >= 15 is 8.78 Å². The molecule has 0 spiro atoms. The van der Waals surface area contributed by atoms with Gasteiger partial charge in [-0.3, -0.25) is 4.72 Å². The quantitative estimate of drug-likeness (QED) is 0.110. The van der Waals surface area contributed by atoms with E-state index in [1.165, 1.54) is 24.3 Å². The Morgan fingerprint density at radius 3 is 1.91 bits per heavy atom. The van der Waals surface area contributed by atoms with Crippen LogP contribution in [-0.4, -0.2) is 34.2 Å². The molecule has 6 rings (SSSR count). The van der Waals surface area contributed by atoms with E-state index in [9.17, 15) is 8.42 Å². The van der Waals surface area contributed by atoms with Crippen LogP contribution in [-0.2, 0) is 23.1 Å². The number of nitrogens with zero attached hydrogens (tertiary/aromatic N) is 2. The molecule has 0 saturated heterocycles. The Balaban J connectivity index is 1.38. The van der Waals surface area contributed by atoms with Gasteiger partial charge in [0.05, 0.1) is 37.1 Å². The van der Waals surface area contributed by atoms with Crippen molar-refractivity contribution in [2.45, 2.75) is 59.0 Å². The first-order valence-electron chi connectivity index (χ1n) is 18.5. The smallest absolute Gasteiger partial charge is 0.266 e. The Hall–Kier alpha value is -5.46. The summed E-state index contributed by atoms with van der Waals surface area (Å²) in [6, 6.07) is 29.4. The lowest BCUT2D eigenvalue weighted by Crippen LogP contribution is -2.24. The van der Waals surface area contributed by atoms with Gasteiger partial charge in [0.15, 0.2) is 10.9 Å². The summed E-state index contributed by atoms with van der Waals surface area (Å²) >= 11 is 1.04. The number of sulfonamides is 1. The van der Waals surface area contributed by atoms with E-state index in [0.717, 1.165) is 45.6 Å². The molecule has 1 aromatic heterocycles. The Bertz CT molecular complexity index is 2380. The molecule has 0 aliphatic rings. The number of anilines is 2. The zero-order valence-electron chi connectivity index (χ0n) is 33.2. The normalized spacial score (nSPS) is 11.7. The van der Waals surface area contributed by atoms with Crippen molar-refractivity contribution in [2.24, 2.45) is 5.41 Å². The van der Waals surface area contributed by atoms with E-state index < -0.39 is 26.6 Å². The van der Waals surface area contributed by atoms with Crippen LogP contribution in [0.2, 0.25) is 0 Å². The van der Waals surface area contributed by atoms with Crippen molar-refractivity contribution < 1.29 is 31.4 Å². The summed E-state index contributed by atoms with van der Waals surface area (Å²) in [6.07, 6.45) is 0.761. The maximum atomic E-state index is 16.8. The molecule has 0 fully saturated rings. The fraction of sp³-hybridized carbons (Fsp3) is 0.267. The molecule has 12 heteroatoms. The average molecular weight is 812 g/mol. The van der Waals surface area contributed by atoms with Gasteiger partial charge < -0.3 is 19.1 Å². The van der Waals surface area contributed by atoms with Crippen LogP contribution in [0.15, 0.2) is 108 Å². The second-order valence-corrected chi connectivity index (χ2v) is 17.7. The molecule has 0 radical (unpaired) electrons. The van der Waals surface area contributed by atoms with Gasteiger partial charge >= 0.3 is 0 Å². The minimum atomic E-state index is -4.53. The van der Waals surface area contributed by atoms with Crippen molar-refractivity contribution in [3.63, 3.8) is 0 Å². The number of nitrogens with one attached hydrogen (secondary N) is 1. The van der Waals surface area contributed by atoms with Crippen LogP contribution in [0, 0.1) is 30.9 Å². The Morgan fingerprint density at radius 1 is 0.772 bits per heavy atom. The third-order valence-electron chi connectivity index (χ3n) is 9.46. The topological polar surface area (TPSA) is 90.0 Å². The fourth-order valence-corrected chi connectivity index (χ4v) is 8.71. The first-order valence-corrected chi connectivity index (χ1v) is 20.8. The van der Waals surface area contributed by atoms with Crippen molar-refractivity contribution >= 4 is 32.2 Å². The number of benzene rings is 5. The van der Waals surface area contributed by atoms with Gasteiger partial charge in [-0.05, 0) is 96.5 Å². The average Bonchev–Trinajstić information content (AvgIpc) is 3.56. The number of aryl methyl sites for hydroxylation is 2. The van der Waals surface area contributed by atoms with E-state index in [1.807, 2.05) is 80.6 Å². The molecule has 1 heterocycles. The minimum absolute atomic E-state index is 0.000222. The number of ether oxygens (including phenoxy) is 3. The monoisotopic (exact) mass is 811 g/mol. The first kappa shape index (κ1) is 41.2. The van der Waals surface area contributed by atoms with Gasteiger partial charge in [-0.1, -0.05) is 80.6 Å². The van der Waals surface area contributed by atoms with Crippen molar-refractivity contribution in [2.75, 3.05) is 30.4 Å². The molecule has 0 aliphatic heterocycles. The maximum Gasteiger partial charge on any atom is 0.266 e. The number of halogens is 2.